The lowest BCUT2D eigenvalue weighted by Crippen LogP contribution is -2.41. The topological polar surface area (TPSA) is 41.6 Å². The van der Waals surface area contributed by atoms with Crippen molar-refractivity contribution in [3.05, 3.63) is 33.3 Å². The summed E-state index contributed by atoms with van der Waals surface area (Å²) in [6, 6.07) is 5.19. The van der Waals surface area contributed by atoms with Gasteiger partial charge in [0.15, 0.2) is 0 Å². The fraction of sp³-hybridized carbons (Fsp3) is 0.462. The quantitative estimate of drug-likeness (QED) is 0.907. The monoisotopic (exact) mass is 346 g/mol. The van der Waals surface area contributed by atoms with Gasteiger partial charge in [0.25, 0.3) is 5.91 Å². The minimum absolute atomic E-state index is 0.0948. The number of hydrogen-bond acceptors (Lipinski definition) is 3. The van der Waals surface area contributed by atoms with Gasteiger partial charge in [-0.15, -0.1) is 0 Å². The predicted octanol–water partition coefficient (Wildman–Crippen LogP) is 2.16. The van der Waals surface area contributed by atoms with Crippen LogP contribution in [0, 0.1) is 0 Å². The maximum atomic E-state index is 11.9. The fourth-order valence-corrected chi connectivity index (χ4v) is 2.32. The highest BCUT2D eigenvalue weighted by atomic mass is 79.9. The average Bonchev–Trinajstić information content (AvgIpc) is 2.43. The Morgan fingerprint density at radius 1 is 1.42 bits per heavy atom. The van der Waals surface area contributed by atoms with Gasteiger partial charge in [0.2, 0.25) is 0 Å². The number of hydrogen-bond donors (Lipinski definition) is 1. The van der Waals surface area contributed by atoms with Crippen molar-refractivity contribution in [1.29, 1.82) is 0 Å². The van der Waals surface area contributed by atoms with E-state index in [9.17, 15) is 4.79 Å². The largest absolute Gasteiger partial charge is 0.379 e. The maximum Gasteiger partial charge on any atom is 0.251 e. The van der Waals surface area contributed by atoms with E-state index in [2.05, 4.69) is 26.1 Å². The molecule has 0 aliphatic carbocycles. The Hall–Kier alpha value is -0.620. The van der Waals surface area contributed by atoms with Gasteiger partial charge in [0, 0.05) is 36.2 Å². The summed E-state index contributed by atoms with van der Waals surface area (Å²) < 4.78 is 6.06. The van der Waals surface area contributed by atoms with Crippen molar-refractivity contribution in [2.45, 2.75) is 0 Å². The number of nitrogens with one attached hydrogen (secondary N) is 1. The molecule has 0 atom stereocenters. The summed E-state index contributed by atoms with van der Waals surface area (Å²) in [6.45, 7) is 4.89. The molecule has 104 valence electrons. The number of carbonyl (C=O) groups excluding carboxylic acids is 1. The summed E-state index contributed by atoms with van der Waals surface area (Å²) in [4.78, 5) is 14.2. The number of morpholine rings is 1. The van der Waals surface area contributed by atoms with Crippen LogP contribution in [0.25, 0.3) is 0 Å². The smallest absolute Gasteiger partial charge is 0.251 e. The summed E-state index contributed by atoms with van der Waals surface area (Å²) in [7, 11) is 0. The van der Waals surface area contributed by atoms with Crippen molar-refractivity contribution >= 4 is 33.4 Å². The van der Waals surface area contributed by atoms with Crippen LogP contribution in [0.3, 0.4) is 0 Å². The molecular formula is C13H16BrClN2O2. The number of rotatable bonds is 4. The van der Waals surface area contributed by atoms with Crippen LogP contribution >= 0.6 is 27.5 Å². The molecule has 0 unspecified atom stereocenters. The van der Waals surface area contributed by atoms with Crippen LogP contribution in [0.1, 0.15) is 10.4 Å². The molecule has 2 rings (SSSR count). The van der Waals surface area contributed by atoms with E-state index in [4.69, 9.17) is 16.3 Å². The van der Waals surface area contributed by atoms with Gasteiger partial charge >= 0.3 is 0 Å². The van der Waals surface area contributed by atoms with Crippen molar-refractivity contribution in [3.8, 4) is 0 Å². The molecule has 1 fully saturated rings. The molecule has 1 aliphatic heterocycles. The van der Waals surface area contributed by atoms with Crippen LogP contribution in [0.4, 0.5) is 0 Å². The van der Waals surface area contributed by atoms with Gasteiger partial charge in [0.1, 0.15) is 0 Å². The van der Waals surface area contributed by atoms with Crippen molar-refractivity contribution in [1.82, 2.24) is 10.2 Å². The molecule has 1 aliphatic rings. The lowest BCUT2D eigenvalue weighted by molar-refractivity contribution is 0.0383. The van der Waals surface area contributed by atoms with E-state index in [1.807, 2.05) is 0 Å². The van der Waals surface area contributed by atoms with E-state index >= 15 is 0 Å². The molecular weight excluding hydrogens is 332 g/mol. The Bertz CT molecular complexity index is 450. The molecule has 0 aromatic heterocycles. The highest BCUT2D eigenvalue weighted by Gasteiger charge is 2.11. The molecule has 1 heterocycles. The van der Waals surface area contributed by atoms with Crippen LogP contribution in [-0.2, 0) is 4.74 Å². The van der Waals surface area contributed by atoms with Crippen LogP contribution in [0.15, 0.2) is 22.7 Å². The third kappa shape index (κ3) is 4.45. The second-order valence-electron chi connectivity index (χ2n) is 4.34. The van der Waals surface area contributed by atoms with Crippen molar-refractivity contribution < 1.29 is 9.53 Å². The van der Waals surface area contributed by atoms with Crippen molar-refractivity contribution in [3.63, 3.8) is 0 Å². The SMILES string of the molecule is O=C(NCCN1CCOCC1)c1ccc(Br)c(Cl)c1. The molecule has 0 saturated carbocycles. The van der Waals surface area contributed by atoms with Crippen LogP contribution < -0.4 is 5.32 Å². The van der Waals surface area contributed by atoms with Gasteiger partial charge in [-0.3, -0.25) is 9.69 Å². The zero-order valence-electron chi connectivity index (χ0n) is 10.5. The Morgan fingerprint density at radius 2 is 2.16 bits per heavy atom. The maximum absolute atomic E-state index is 11.9. The lowest BCUT2D eigenvalue weighted by Gasteiger charge is -2.26. The van der Waals surface area contributed by atoms with Gasteiger partial charge in [-0.05, 0) is 34.1 Å². The molecule has 6 heteroatoms. The molecule has 1 saturated heterocycles. The third-order valence-corrected chi connectivity index (χ3v) is 4.23. The number of carbonyl (C=O) groups is 1. The first-order valence-corrected chi connectivity index (χ1v) is 7.37. The molecule has 1 aromatic carbocycles. The van der Waals surface area contributed by atoms with E-state index in [1.54, 1.807) is 18.2 Å². The third-order valence-electron chi connectivity index (χ3n) is 3.00. The number of benzene rings is 1. The number of nitrogens with zero attached hydrogens (tertiary/aromatic N) is 1. The Labute approximate surface area is 126 Å². The molecule has 0 bridgehead atoms. The highest BCUT2D eigenvalue weighted by Crippen LogP contribution is 2.23. The summed E-state index contributed by atoms with van der Waals surface area (Å²) in [5, 5.41) is 3.44. The van der Waals surface area contributed by atoms with Gasteiger partial charge in [0.05, 0.1) is 18.2 Å². The zero-order valence-corrected chi connectivity index (χ0v) is 12.8. The fourth-order valence-electron chi connectivity index (χ4n) is 1.89. The first-order chi connectivity index (χ1) is 9.16. The van der Waals surface area contributed by atoms with Gasteiger partial charge in [-0.1, -0.05) is 11.6 Å². The van der Waals surface area contributed by atoms with Crippen LogP contribution in [0.2, 0.25) is 5.02 Å². The Kier molecular flexibility index (Phi) is 5.63. The van der Waals surface area contributed by atoms with Gasteiger partial charge in [-0.2, -0.15) is 0 Å². The standard InChI is InChI=1S/C13H16BrClN2O2/c14-11-2-1-10(9-12(11)15)13(18)16-3-4-17-5-7-19-8-6-17/h1-2,9H,3-8H2,(H,16,18). The lowest BCUT2D eigenvalue weighted by atomic mass is 10.2. The van der Waals surface area contributed by atoms with Crippen molar-refractivity contribution in [2.75, 3.05) is 39.4 Å². The molecule has 4 nitrogen and oxygen atoms in total. The summed E-state index contributed by atoms with van der Waals surface area (Å²) >= 11 is 9.27. The number of amides is 1. The summed E-state index contributed by atoms with van der Waals surface area (Å²) in [5.41, 5.74) is 0.579. The first kappa shape index (κ1) is 14.8. The molecule has 1 aromatic rings. The second-order valence-corrected chi connectivity index (χ2v) is 5.60. The number of halogens is 2. The molecule has 1 N–H and O–H groups in total. The van der Waals surface area contributed by atoms with Crippen LogP contribution in [0.5, 0.6) is 0 Å². The van der Waals surface area contributed by atoms with E-state index in [-0.39, 0.29) is 5.91 Å². The minimum atomic E-state index is -0.0948. The molecule has 1 amide bonds. The molecule has 19 heavy (non-hydrogen) atoms. The van der Waals surface area contributed by atoms with Crippen molar-refractivity contribution in [2.24, 2.45) is 0 Å². The molecule has 0 spiro atoms. The second kappa shape index (κ2) is 7.24. The van der Waals surface area contributed by atoms with E-state index in [0.29, 0.717) is 17.1 Å². The predicted molar refractivity (Wildman–Crippen MR) is 78.7 cm³/mol. The van der Waals surface area contributed by atoms with E-state index in [1.165, 1.54) is 0 Å². The van der Waals surface area contributed by atoms with Gasteiger partial charge in [-0.25, -0.2) is 0 Å². The number of ether oxygens (including phenoxy) is 1. The Balaban J connectivity index is 1.78. The van der Waals surface area contributed by atoms with Gasteiger partial charge < -0.3 is 10.1 Å². The summed E-state index contributed by atoms with van der Waals surface area (Å²) in [6.07, 6.45) is 0. The highest BCUT2D eigenvalue weighted by molar-refractivity contribution is 9.10. The van der Waals surface area contributed by atoms with E-state index in [0.717, 1.165) is 37.3 Å². The van der Waals surface area contributed by atoms with E-state index < -0.39 is 0 Å². The molecule has 0 radical (unpaired) electrons. The first-order valence-electron chi connectivity index (χ1n) is 6.20. The zero-order chi connectivity index (χ0) is 13.7. The average molecular weight is 348 g/mol. The normalized spacial score (nSPS) is 16.3. The minimum Gasteiger partial charge on any atom is -0.379 e. The van der Waals surface area contributed by atoms with Crippen LogP contribution in [-0.4, -0.2) is 50.2 Å². The Morgan fingerprint density at radius 3 is 2.84 bits per heavy atom. The summed E-state index contributed by atoms with van der Waals surface area (Å²) in [5.74, 6) is -0.0948.